The van der Waals surface area contributed by atoms with Gasteiger partial charge in [0.2, 0.25) is 0 Å². The molecule has 1 heterocycles. The average molecular weight is 346 g/mol. The molecule has 1 amide bonds. The molecule has 1 aliphatic rings. The van der Waals surface area contributed by atoms with Gasteiger partial charge >= 0.3 is 0 Å². The number of anilines is 2. The normalized spacial score (nSPS) is 13.3. The zero-order valence-corrected chi connectivity index (χ0v) is 14.6. The summed E-state index contributed by atoms with van der Waals surface area (Å²) in [6.45, 7) is 5.34. The summed E-state index contributed by atoms with van der Waals surface area (Å²) in [7, 11) is 1.29. The molecule has 0 aliphatic carbocycles. The van der Waals surface area contributed by atoms with E-state index in [2.05, 4.69) is 5.32 Å². The fraction of sp³-hybridized carbons (Fsp3) is 0.389. The second kappa shape index (κ2) is 7.83. The Hall–Kier alpha value is -2.83. The monoisotopic (exact) mass is 346 g/mol. The minimum absolute atomic E-state index is 0.0152. The number of nitrogens with one attached hydrogen (secondary N) is 1. The lowest BCUT2D eigenvalue weighted by Gasteiger charge is -2.18. The van der Waals surface area contributed by atoms with Crippen LogP contribution in [0.25, 0.3) is 0 Å². The maximum absolute atomic E-state index is 12.4. The van der Waals surface area contributed by atoms with E-state index < -0.39 is 10.9 Å². The minimum atomic E-state index is -0.711. The van der Waals surface area contributed by atoms with Crippen molar-refractivity contribution in [2.24, 2.45) is 0 Å². The van der Waals surface area contributed by atoms with Crippen LogP contribution in [0.5, 0.6) is 11.5 Å². The van der Waals surface area contributed by atoms with E-state index in [1.54, 1.807) is 11.0 Å². The van der Waals surface area contributed by atoms with Crippen LogP contribution in [0, 0.1) is 0 Å². The Bertz CT molecular complexity index is 831. The average Bonchev–Trinajstić information content (AvgIpc) is 3.18. The Balaban J connectivity index is 0.00000109. The minimum Gasteiger partial charge on any atom is -0.505 e. The molecule has 2 N–H and O–H groups in total. The van der Waals surface area contributed by atoms with Gasteiger partial charge in [-0.1, -0.05) is 19.9 Å². The smallest absolute Gasteiger partial charge is 0.272 e. The summed E-state index contributed by atoms with van der Waals surface area (Å²) in [5, 5.41) is 13.0. The molecule has 7 nitrogen and oxygen atoms in total. The number of rotatable bonds is 4. The molecule has 2 aromatic carbocycles. The molecule has 0 atom stereocenters. The number of nitrogens with zero attached hydrogens (tertiary/aromatic N) is 1. The molecule has 134 valence electrons. The van der Waals surface area contributed by atoms with Gasteiger partial charge in [0.25, 0.3) is 16.8 Å². The fourth-order valence-corrected chi connectivity index (χ4v) is 2.72. The maximum Gasteiger partial charge on any atom is 0.272 e. The van der Waals surface area contributed by atoms with Crippen LogP contribution in [-0.2, 0) is 0 Å². The van der Waals surface area contributed by atoms with Gasteiger partial charge in [-0.3, -0.25) is 14.4 Å². The van der Waals surface area contributed by atoms with Gasteiger partial charge in [0.05, 0.1) is 18.4 Å². The van der Waals surface area contributed by atoms with Gasteiger partial charge in [0, 0.05) is 13.1 Å². The van der Waals surface area contributed by atoms with Gasteiger partial charge in [-0.05, 0) is 25.0 Å². The molecule has 2 aromatic rings. The summed E-state index contributed by atoms with van der Waals surface area (Å²) in [6, 6.07) is 4.65. The number of para-hydroxylation sites is 1. The Morgan fingerprint density at radius 3 is 2.40 bits per heavy atom. The Labute approximate surface area is 145 Å². The number of ether oxygens (including phenoxy) is 1. The number of hydrogen-bond donors (Lipinski definition) is 2. The molecule has 1 saturated heterocycles. The molecule has 25 heavy (non-hydrogen) atoms. The van der Waals surface area contributed by atoms with Crippen molar-refractivity contribution in [2.45, 2.75) is 26.7 Å². The zero-order chi connectivity index (χ0) is 18.6. The molecule has 0 unspecified atom stereocenters. The van der Waals surface area contributed by atoms with Crippen LogP contribution >= 0.6 is 0 Å². The number of hydrogen-bond acceptors (Lipinski definition) is 6. The molecule has 0 saturated carbocycles. The Morgan fingerprint density at radius 2 is 1.80 bits per heavy atom. The van der Waals surface area contributed by atoms with Crippen molar-refractivity contribution in [3.8, 4) is 11.5 Å². The van der Waals surface area contributed by atoms with Gasteiger partial charge in [0.1, 0.15) is 5.69 Å². The molecule has 0 aromatic heterocycles. The first kappa shape index (κ1) is 18.5. The Kier molecular flexibility index (Phi) is 5.80. The van der Waals surface area contributed by atoms with Crippen LogP contribution in [0.1, 0.15) is 37.0 Å². The van der Waals surface area contributed by atoms with E-state index in [0.29, 0.717) is 13.1 Å². The number of phenolic OH excluding ortho intramolecular Hbond substituents is 1. The highest BCUT2D eigenvalue weighted by Gasteiger charge is 2.26. The molecule has 7 heteroatoms. The molecular weight excluding hydrogens is 324 g/mol. The first-order chi connectivity index (χ1) is 12.0. The predicted molar refractivity (Wildman–Crippen MR) is 95.8 cm³/mol. The van der Waals surface area contributed by atoms with Gasteiger partial charge in [0.15, 0.2) is 11.5 Å². The van der Waals surface area contributed by atoms with E-state index in [1.165, 1.54) is 19.2 Å². The summed E-state index contributed by atoms with van der Waals surface area (Å²) < 4.78 is 4.84. The third kappa shape index (κ3) is 3.35. The van der Waals surface area contributed by atoms with Crippen LogP contribution in [-0.4, -0.2) is 36.1 Å². The number of amides is 1. The number of carbonyl (C=O) groups excluding carboxylic acids is 1. The van der Waals surface area contributed by atoms with Gasteiger partial charge in [-0.2, -0.15) is 0 Å². The summed E-state index contributed by atoms with van der Waals surface area (Å²) in [4.78, 5) is 37.0. The van der Waals surface area contributed by atoms with Crippen molar-refractivity contribution in [1.82, 2.24) is 4.90 Å². The number of likely N-dealkylation sites (tertiary alicyclic amines) is 1. The van der Waals surface area contributed by atoms with Crippen LogP contribution in [0.3, 0.4) is 0 Å². The highest BCUT2D eigenvalue weighted by Crippen LogP contribution is 2.33. The van der Waals surface area contributed by atoms with Crippen molar-refractivity contribution in [2.75, 3.05) is 25.5 Å². The summed E-state index contributed by atoms with van der Waals surface area (Å²) in [5.74, 6) is -0.578. The van der Waals surface area contributed by atoms with Gasteiger partial charge in [-0.25, -0.2) is 0 Å². The van der Waals surface area contributed by atoms with E-state index in [0.717, 1.165) is 12.8 Å². The van der Waals surface area contributed by atoms with Crippen LogP contribution in [0.4, 0.5) is 11.4 Å². The van der Waals surface area contributed by atoms with E-state index >= 15 is 0 Å². The Morgan fingerprint density at radius 1 is 1.16 bits per heavy atom. The quantitative estimate of drug-likeness (QED) is 0.649. The SMILES string of the molecule is CC.COc1c(Nc2cccc(C(=O)N3CCCC3)c2O)c(=O)c1=O. The first-order valence-corrected chi connectivity index (χ1v) is 8.30. The largest absolute Gasteiger partial charge is 0.505 e. The number of methoxy groups -OCH3 is 1. The van der Waals surface area contributed by atoms with Crippen molar-refractivity contribution in [3.63, 3.8) is 0 Å². The predicted octanol–water partition coefficient (Wildman–Crippen LogP) is 2.00. The molecule has 0 bridgehead atoms. The summed E-state index contributed by atoms with van der Waals surface area (Å²) in [6.07, 6.45) is 1.90. The molecular formula is C18H22N2O5. The van der Waals surface area contributed by atoms with E-state index in [-0.39, 0.29) is 34.3 Å². The molecule has 0 radical (unpaired) electrons. The maximum atomic E-state index is 12.4. The molecule has 3 rings (SSSR count). The van der Waals surface area contributed by atoms with Crippen LogP contribution in [0.15, 0.2) is 27.8 Å². The molecule has 0 spiro atoms. The summed E-state index contributed by atoms with van der Waals surface area (Å²) in [5.41, 5.74) is -1.09. The number of carbonyl (C=O) groups is 1. The number of aromatic hydroxyl groups is 1. The number of phenols is 1. The van der Waals surface area contributed by atoms with E-state index in [9.17, 15) is 19.5 Å². The summed E-state index contributed by atoms with van der Waals surface area (Å²) >= 11 is 0. The van der Waals surface area contributed by atoms with Crippen molar-refractivity contribution < 1.29 is 14.6 Å². The lowest BCUT2D eigenvalue weighted by atomic mass is 10.1. The molecule has 1 fully saturated rings. The van der Waals surface area contributed by atoms with Crippen molar-refractivity contribution >= 4 is 17.3 Å². The third-order valence-electron chi connectivity index (χ3n) is 3.99. The first-order valence-electron chi connectivity index (χ1n) is 8.30. The standard InChI is InChI=1S/C16H16N2O5.C2H6/c1-23-15-11(13(20)14(15)21)17-10-6-4-5-9(12(10)19)16(22)18-7-2-3-8-18;1-2/h4-6,17,19H,2-3,7-8H2,1H3;1-2H3. The second-order valence-corrected chi connectivity index (χ2v) is 5.39. The highest BCUT2D eigenvalue weighted by molar-refractivity contribution is 5.99. The third-order valence-corrected chi connectivity index (χ3v) is 3.99. The number of benzene rings is 1. The lowest BCUT2D eigenvalue weighted by molar-refractivity contribution is 0.0790. The van der Waals surface area contributed by atoms with Gasteiger partial charge in [-0.15, -0.1) is 0 Å². The highest BCUT2D eigenvalue weighted by atomic mass is 16.5. The van der Waals surface area contributed by atoms with E-state index in [4.69, 9.17) is 4.74 Å². The zero-order valence-electron chi connectivity index (χ0n) is 14.6. The van der Waals surface area contributed by atoms with Crippen LogP contribution in [0.2, 0.25) is 0 Å². The van der Waals surface area contributed by atoms with E-state index in [1.807, 2.05) is 13.8 Å². The molecule has 1 aliphatic heterocycles. The topological polar surface area (TPSA) is 95.9 Å². The van der Waals surface area contributed by atoms with Crippen molar-refractivity contribution in [1.29, 1.82) is 0 Å². The second-order valence-electron chi connectivity index (χ2n) is 5.39. The fourth-order valence-electron chi connectivity index (χ4n) is 2.72. The van der Waals surface area contributed by atoms with Crippen LogP contribution < -0.4 is 20.9 Å². The lowest BCUT2D eigenvalue weighted by Crippen LogP contribution is -2.34. The van der Waals surface area contributed by atoms with Crippen molar-refractivity contribution in [3.05, 3.63) is 44.2 Å². The van der Waals surface area contributed by atoms with Gasteiger partial charge < -0.3 is 20.1 Å².